The number of nitrogens with one attached hydrogen (secondary N) is 3. The lowest BCUT2D eigenvalue weighted by Crippen LogP contribution is -2.67. The zero-order valence-electron chi connectivity index (χ0n) is 41.2. The smallest absolute Gasteiger partial charge is 0.407 e. The Morgan fingerprint density at radius 2 is 0.652 bits per heavy atom. The van der Waals surface area contributed by atoms with Gasteiger partial charge in [0.25, 0.3) is 0 Å². The van der Waals surface area contributed by atoms with Crippen molar-refractivity contribution in [3.8, 4) is 0 Å². The predicted molar refractivity (Wildman–Crippen MR) is 259 cm³/mol. The van der Waals surface area contributed by atoms with Crippen molar-refractivity contribution in [1.82, 2.24) is 16.0 Å². The summed E-state index contributed by atoms with van der Waals surface area (Å²) in [5.41, 5.74) is 0. The van der Waals surface area contributed by atoms with Crippen LogP contribution in [0, 0.1) is 0 Å². The van der Waals surface area contributed by atoms with Crippen LogP contribution in [0.4, 0.5) is 14.4 Å². The third kappa shape index (κ3) is 32.5. The number of hydrogen-bond acceptors (Lipinski definition) is 20. The van der Waals surface area contributed by atoms with Crippen molar-refractivity contribution < 1.29 is 92.6 Å². The first-order valence-corrected chi connectivity index (χ1v) is 33.2. The molecule has 3 amide bonds. The topological polar surface area (TPSA) is 268 Å². The Kier molecular flexibility index (Phi) is 33.7. The first-order valence-electron chi connectivity index (χ1n) is 23.1. The van der Waals surface area contributed by atoms with Crippen LogP contribution in [0.5, 0.6) is 0 Å². The Morgan fingerprint density at radius 3 is 0.899 bits per heavy atom. The fourth-order valence-corrected chi connectivity index (χ4v) is 29.8. The molecule has 1 heterocycles. The number of alkyl carbamates (subject to hydrolysis) is 3. The third-order valence-corrected chi connectivity index (χ3v) is 28.2. The van der Waals surface area contributed by atoms with Crippen molar-refractivity contribution >= 4 is 70.4 Å². The van der Waals surface area contributed by atoms with Gasteiger partial charge in [0.15, 0.2) is 0 Å². The van der Waals surface area contributed by atoms with Gasteiger partial charge in [-0.2, -0.15) is 0 Å². The first kappa shape index (κ1) is 63.0. The molecule has 0 bridgehead atoms. The van der Waals surface area contributed by atoms with Crippen LogP contribution in [0.2, 0.25) is 50.4 Å². The van der Waals surface area contributed by atoms with E-state index in [4.69, 9.17) is 63.8 Å². The van der Waals surface area contributed by atoms with Crippen LogP contribution >= 0.6 is 0 Å². The third-order valence-electron chi connectivity index (χ3n) is 9.34. The average molecular weight is 1060 g/mol. The highest BCUT2D eigenvalue weighted by atomic mass is 28.5. The standard InChI is InChI=1S/C42H77N3O20Si4/c1-9-37(46)56-24-17-43-40(49)59-30-27-53-21-14-34-67(6)62-66(5,33-13-20-52-12-4)63-68(7,35-15-22-54-28-31-60-41(50)44-18-25-57-38(47)10-2)65-69(8,64-67)36-16-23-55-29-32-61-42(51)45-19-26-58-39(48)11-3/h9-11H,1-3,12-36H2,4-8H3,(H,43,49)(H,44,50)(H,45,51). The van der Waals surface area contributed by atoms with Gasteiger partial charge in [-0.25, -0.2) is 28.8 Å². The van der Waals surface area contributed by atoms with Gasteiger partial charge in [0.1, 0.15) is 39.6 Å². The molecule has 3 N–H and O–H groups in total. The van der Waals surface area contributed by atoms with Crippen LogP contribution in [0.1, 0.15) is 32.6 Å². The average Bonchev–Trinajstić information content (AvgIpc) is 3.30. The Bertz CT molecular complexity index is 1500. The molecule has 1 fully saturated rings. The Balaban J connectivity index is 2.96. The minimum Gasteiger partial charge on any atom is -0.461 e. The lowest BCUT2D eigenvalue weighted by atomic mass is 10.5. The van der Waals surface area contributed by atoms with E-state index in [1.807, 2.05) is 26.6 Å². The van der Waals surface area contributed by atoms with Crippen molar-refractivity contribution in [2.75, 3.05) is 112 Å². The molecule has 0 radical (unpaired) electrons. The second-order valence-corrected chi connectivity index (χ2v) is 30.0. The van der Waals surface area contributed by atoms with E-state index in [0.717, 1.165) is 24.6 Å². The summed E-state index contributed by atoms with van der Waals surface area (Å²) in [6, 6.07) is 2.35. The number of esters is 3. The number of hydrogen-bond donors (Lipinski definition) is 3. The van der Waals surface area contributed by atoms with E-state index in [9.17, 15) is 28.8 Å². The first-order chi connectivity index (χ1) is 32.9. The molecule has 23 nitrogen and oxygen atoms in total. The van der Waals surface area contributed by atoms with Crippen molar-refractivity contribution in [2.45, 2.75) is 83.0 Å². The molecular weight excluding hydrogens is 979 g/mol. The van der Waals surface area contributed by atoms with Crippen LogP contribution in [0.3, 0.4) is 0 Å². The molecule has 1 aliphatic rings. The van der Waals surface area contributed by atoms with Gasteiger partial charge in [0.2, 0.25) is 0 Å². The van der Waals surface area contributed by atoms with Crippen molar-refractivity contribution in [1.29, 1.82) is 0 Å². The zero-order valence-corrected chi connectivity index (χ0v) is 45.2. The van der Waals surface area contributed by atoms with Crippen molar-refractivity contribution in [3.05, 3.63) is 38.0 Å². The Morgan fingerprint density at radius 1 is 0.391 bits per heavy atom. The fraction of sp³-hybridized carbons (Fsp3) is 0.714. The van der Waals surface area contributed by atoms with Gasteiger partial charge < -0.3 is 79.8 Å². The van der Waals surface area contributed by atoms with Crippen LogP contribution in [0.25, 0.3) is 0 Å². The highest BCUT2D eigenvalue weighted by Crippen LogP contribution is 2.38. The van der Waals surface area contributed by atoms with E-state index >= 15 is 0 Å². The second kappa shape index (κ2) is 36.9. The van der Waals surface area contributed by atoms with Gasteiger partial charge in [0, 0.05) is 51.3 Å². The van der Waals surface area contributed by atoms with E-state index in [1.54, 1.807) is 0 Å². The van der Waals surface area contributed by atoms with Gasteiger partial charge in [-0.15, -0.1) is 0 Å². The molecule has 0 spiro atoms. The summed E-state index contributed by atoms with van der Waals surface area (Å²) in [4.78, 5) is 69.4. The summed E-state index contributed by atoms with van der Waals surface area (Å²) in [5.74, 6) is -1.76. The monoisotopic (exact) mass is 1060 g/mol. The van der Waals surface area contributed by atoms with Gasteiger partial charge in [-0.3, -0.25) is 0 Å². The van der Waals surface area contributed by atoms with E-state index in [1.165, 1.54) is 0 Å². The number of ether oxygens (including phenoxy) is 10. The molecule has 0 aromatic heterocycles. The second-order valence-electron chi connectivity index (χ2n) is 15.7. The quantitative estimate of drug-likeness (QED) is 0.0255. The summed E-state index contributed by atoms with van der Waals surface area (Å²) < 4.78 is 81.8. The largest absolute Gasteiger partial charge is 0.461 e. The molecule has 0 aromatic carbocycles. The molecule has 69 heavy (non-hydrogen) atoms. The highest BCUT2D eigenvalue weighted by molar-refractivity contribution is 6.93. The molecule has 27 heteroatoms. The molecule has 2 unspecified atom stereocenters. The number of rotatable bonds is 38. The van der Waals surface area contributed by atoms with Crippen LogP contribution in [-0.4, -0.2) is 183 Å². The fourth-order valence-electron chi connectivity index (χ4n) is 6.57. The van der Waals surface area contributed by atoms with Crippen molar-refractivity contribution in [2.24, 2.45) is 0 Å². The maximum Gasteiger partial charge on any atom is 0.407 e. The zero-order chi connectivity index (χ0) is 51.3. The van der Waals surface area contributed by atoms with Crippen molar-refractivity contribution in [3.63, 3.8) is 0 Å². The summed E-state index contributed by atoms with van der Waals surface area (Å²) in [6.07, 6.45) is 3.60. The summed E-state index contributed by atoms with van der Waals surface area (Å²) >= 11 is 0. The minimum atomic E-state index is -3.07. The lowest BCUT2D eigenvalue weighted by molar-refractivity contribution is -0.138. The maximum absolute atomic E-state index is 12.0. The maximum atomic E-state index is 12.0. The van der Waals surface area contributed by atoms with Gasteiger partial charge in [-0.05, 0) is 83.0 Å². The number of carbonyl (C=O) groups is 6. The van der Waals surface area contributed by atoms with E-state index < -0.39 is 70.4 Å². The van der Waals surface area contributed by atoms with Gasteiger partial charge in [-0.1, -0.05) is 19.7 Å². The predicted octanol–water partition coefficient (Wildman–Crippen LogP) is 4.37. The molecular formula is C42H77N3O20Si4. The summed E-state index contributed by atoms with van der Waals surface area (Å²) in [5, 5.41) is 7.47. The molecule has 0 aromatic rings. The van der Waals surface area contributed by atoms with Crippen LogP contribution in [-0.2, 0) is 78.2 Å². The molecule has 1 aliphatic heterocycles. The molecule has 0 aliphatic carbocycles. The number of amides is 3. The lowest BCUT2D eigenvalue weighted by Gasteiger charge is -2.50. The summed E-state index contributed by atoms with van der Waals surface area (Å²) in [7, 11) is -12.1. The van der Waals surface area contributed by atoms with E-state index in [0.29, 0.717) is 76.5 Å². The molecule has 1 rings (SSSR count). The van der Waals surface area contributed by atoms with Gasteiger partial charge in [0.05, 0.1) is 39.5 Å². The van der Waals surface area contributed by atoms with E-state index in [2.05, 4.69) is 42.2 Å². The highest BCUT2D eigenvalue weighted by Gasteiger charge is 2.56. The Hall–Kier alpha value is -4.01. The van der Waals surface area contributed by atoms with Gasteiger partial charge >= 0.3 is 70.4 Å². The molecule has 396 valence electrons. The normalized spacial score (nSPS) is 21.0. The number of carbonyl (C=O) groups excluding carboxylic acids is 6. The molecule has 1 saturated heterocycles. The molecule has 2 atom stereocenters. The van der Waals surface area contributed by atoms with Crippen LogP contribution in [0.15, 0.2) is 38.0 Å². The minimum absolute atomic E-state index is 0.0109. The van der Waals surface area contributed by atoms with E-state index in [-0.39, 0.29) is 79.1 Å². The Labute approximate surface area is 410 Å². The molecule has 0 saturated carbocycles. The summed E-state index contributed by atoms with van der Waals surface area (Å²) in [6.45, 7) is 23.0. The SMILES string of the molecule is C=CC(=O)OCCNC(=O)OCCOCCC[Si]1(C)O[Si](C)(CCCOCC)O[Si](C)(CCCOCCOC(=O)NCCOC(=O)C=C)O[Si](C)(CCCOCCOC(=O)NCCOC(=O)C=C)O1. The van der Waals surface area contributed by atoms with Crippen LogP contribution < -0.4 is 16.0 Å².